The van der Waals surface area contributed by atoms with Crippen molar-refractivity contribution in [3.05, 3.63) is 0 Å². The average molecular weight is 276 g/mol. The van der Waals surface area contributed by atoms with Crippen LogP contribution in [0.25, 0.3) is 0 Å². The van der Waals surface area contributed by atoms with Gasteiger partial charge in [0.15, 0.2) is 0 Å². The molecule has 2 atom stereocenters. The van der Waals surface area contributed by atoms with E-state index in [1.807, 2.05) is 10.8 Å². The van der Waals surface area contributed by atoms with Crippen LogP contribution in [0.5, 0.6) is 0 Å². The molecular formula is C7H17NS5. The van der Waals surface area contributed by atoms with Gasteiger partial charge >= 0.3 is 0 Å². The number of likely N-dealkylation sites (tertiary alicyclic amines) is 1. The van der Waals surface area contributed by atoms with Crippen molar-refractivity contribution in [2.75, 3.05) is 24.4 Å². The second-order valence-electron chi connectivity index (χ2n) is 3.18. The molecule has 0 radical (unpaired) electrons. The van der Waals surface area contributed by atoms with Gasteiger partial charge in [-0.2, -0.15) is 0 Å². The zero-order valence-electron chi connectivity index (χ0n) is 7.72. The molecule has 13 heavy (non-hydrogen) atoms. The van der Waals surface area contributed by atoms with Crippen molar-refractivity contribution >= 4 is 53.9 Å². The van der Waals surface area contributed by atoms with E-state index in [1.54, 1.807) is 10.8 Å². The zero-order valence-corrected chi connectivity index (χ0v) is 12.0. The molecule has 6 heteroatoms. The molecule has 80 valence electrons. The Balaban J connectivity index is 2.10. The Labute approximate surface area is 102 Å². The number of thiol groups is 3. The van der Waals surface area contributed by atoms with Crippen LogP contribution in [0.1, 0.15) is 12.8 Å². The third-order valence-electron chi connectivity index (χ3n) is 2.26. The lowest BCUT2D eigenvalue weighted by Gasteiger charge is -2.21. The molecule has 1 heterocycles. The highest BCUT2D eigenvalue weighted by Gasteiger charge is 2.20. The molecule has 0 spiro atoms. The quantitative estimate of drug-likeness (QED) is 0.523. The Morgan fingerprint density at radius 2 is 2.38 bits per heavy atom. The number of hydrogen-bond acceptors (Lipinski definition) is 5. The van der Waals surface area contributed by atoms with Gasteiger partial charge in [-0.15, -0.1) is 43.1 Å². The fourth-order valence-electron chi connectivity index (χ4n) is 1.45. The topological polar surface area (TPSA) is 3.24 Å². The Kier molecular flexibility index (Phi) is 6.94. The maximum Gasteiger partial charge on any atom is 0.0479 e. The van der Waals surface area contributed by atoms with Crippen molar-refractivity contribution in [1.82, 2.24) is 4.90 Å². The van der Waals surface area contributed by atoms with E-state index in [1.165, 1.54) is 25.1 Å². The first-order chi connectivity index (χ1) is 6.24. The summed E-state index contributed by atoms with van der Waals surface area (Å²) in [6.07, 6.45) is 2.74. The molecule has 0 aromatic heterocycles. The molecule has 0 N–H and O–H groups in total. The molecule has 1 saturated heterocycles. The smallest absolute Gasteiger partial charge is 0.0479 e. The average Bonchev–Trinajstić information content (AvgIpc) is 2.48. The first-order valence-corrected chi connectivity index (χ1v) is 10.6. The van der Waals surface area contributed by atoms with E-state index in [2.05, 4.69) is 35.3 Å². The van der Waals surface area contributed by atoms with Crippen LogP contribution in [0, 0.1) is 0 Å². The van der Waals surface area contributed by atoms with Gasteiger partial charge in [0, 0.05) is 16.9 Å². The summed E-state index contributed by atoms with van der Waals surface area (Å²) in [6, 6.07) is 0.798. The zero-order chi connectivity index (χ0) is 9.68. The second kappa shape index (κ2) is 7.06. The van der Waals surface area contributed by atoms with Crippen molar-refractivity contribution < 1.29 is 0 Å². The molecule has 1 nitrogen and oxygen atoms in total. The van der Waals surface area contributed by atoms with Gasteiger partial charge in [0.25, 0.3) is 0 Å². The molecule has 1 fully saturated rings. The van der Waals surface area contributed by atoms with Gasteiger partial charge in [-0.05, 0) is 26.4 Å². The van der Waals surface area contributed by atoms with Gasteiger partial charge in [0.1, 0.15) is 0 Å². The highest BCUT2D eigenvalue weighted by atomic mass is 33.5. The number of nitrogens with zero attached hydrogens (tertiary/aromatic N) is 1. The Morgan fingerprint density at radius 3 is 2.92 bits per heavy atom. The minimum Gasteiger partial charge on any atom is -0.303 e. The van der Waals surface area contributed by atoms with Gasteiger partial charge < -0.3 is 4.90 Å². The predicted octanol–water partition coefficient (Wildman–Crippen LogP) is 3.11. The summed E-state index contributed by atoms with van der Waals surface area (Å²) < 4.78 is 0. The fourth-order valence-corrected chi connectivity index (χ4v) is 8.77. The van der Waals surface area contributed by atoms with E-state index in [-0.39, 0.29) is 8.96 Å². The summed E-state index contributed by atoms with van der Waals surface area (Å²) >= 11 is 8.69. The lowest BCUT2D eigenvalue weighted by atomic mass is 10.2. The molecule has 1 aliphatic heterocycles. The summed E-state index contributed by atoms with van der Waals surface area (Å²) in [6.45, 7) is 1.27. The molecule has 0 bridgehead atoms. The minimum absolute atomic E-state index is 0.145. The normalized spacial score (nSPS) is 27.9. The van der Waals surface area contributed by atoms with Crippen LogP contribution >= 0.6 is 53.9 Å². The van der Waals surface area contributed by atoms with Crippen LogP contribution < -0.4 is 0 Å². The Morgan fingerprint density at radius 1 is 1.62 bits per heavy atom. The first kappa shape index (κ1) is 12.8. The first-order valence-electron chi connectivity index (χ1n) is 4.30. The SMILES string of the molecule is CN1CCCC1CS[SH](S)CSS. The molecule has 0 saturated carbocycles. The van der Waals surface area contributed by atoms with Gasteiger partial charge in [0.2, 0.25) is 0 Å². The van der Waals surface area contributed by atoms with E-state index in [0.717, 1.165) is 11.1 Å². The largest absolute Gasteiger partial charge is 0.303 e. The molecule has 0 amide bonds. The fraction of sp³-hybridized carbons (Fsp3) is 1.00. The third-order valence-corrected chi connectivity index (χ3v) is 9.84. The molecule has 0 aromatic rings. The van der Waals surface area contributed by atoms with E-state index in [9.17, 15) is 0 Å². The Bertz CT molecular complexity index is 145. The van der Waals surface area contributed by atoms with Crippen LogP contribution in [-0.4, -0.2) is 35.4 Å². The lowest BCUT2D eigenvalue weighted by molar-refractivity contribution is 0.335. The third kappa shape index (κ3) is 4.84. The van der Waals surface area contributed by atoms with Crippen molar-refractivity contribution in [3.8, 4) is 0 Å². The molecule has 0 aliphatic carbocycles. The number of rotatable bonds is 5. The summed E-state index contributed by atoms with van der Waals surface area (Å²) in [5.41, 5.74) is 0. The van der Waals surface area contributed by atoms with Crippen LogP contribution in [0.15, 0.2) is 0 Å². The van der Waals surface area contributed by atoms with Gasteiger partial charge in [-0.1, -0.05) is 10.8 Å². The summed E-state index contributed by atoms with van der Waals surface area (Å²) in [4.78, 5) is 2.47. The summed E-state index contributed by atoms with van der Waals surface area (Å²) in [5, 5.41) is 1.09. The second-order valence-corrected chi connectivity index (χ2v) is 10.9. The minimum atomic E-state index is -0.145. The maximum atomic E-state index is 4.55. The van der Waals surface area contributed by atoms with Crippen molar-refractivity contribution in [3.63, 3.8) is 0 Å². The van der Waals surface area contributed by atoms with E-state index >= 15 is 0 Å². The van der Waals surface area contributed by atoms with Gasteiger partial charge in [0.05, 0.1) is 0 Å². The lowest BCUT2D eigenvalue weighted by Crippen LogP contribution is -2.26. The van der Waals surface area contributed by atoms with Crippen molar-refractivity contribution in [2.45, 2.75) is 18.9 Å². The van der Waals surface area contributed by atoms with Crippen molar-refractivity contribution in [2.24, 2.45) is 0 Å². The molecular weight excluding hydrogens is 258 g/mol. The van der Waals surface area contributed by atoms with E-state index in [0.29, 0.717) is 0 Å². The summed E-state index contributed by atoms with van der Waals surface area (Å²) in [5.74, 6) is 1.25. The highest BCUT2D eigenvalue weighted by Crippen LogP contribution is 2.48. The Hall–Kier alpha value is 1.71. The van der Waals surface area contributed by atoms with Crippen molar-refractivity contribution in [1.29, 1.82) is 0 Å². The van der Waals surface area contributed by atoms with Crippen LogP contribution in [0.4, 0.5) is 0 Å². The van der Waals surface area contributed by atoms with Gasteiger partial charge in [-0.25, -0.2) is 0 Å². The number of hydrogen-bond donors (Lipinski definition) is 3. The van der Waals surface area contributed by atoms with Crippen LogP contribution in [-0.2, 0) is 0 Å². The standard InChI is InChI=1S/C7H17NS5/c1-8-4-2-3-7(8)5-12-13(10)6-11-9/h7,9-10,13H,2-6H2,1H3. The monoisotopic (exact) mass is 275 g/mol. The van der Waals surface area contributed by atoms with Crippen LogP contribution in [0.2, 0.25) is 0 Å². The summed E-state index contributed by atoms with van der Waals surface area (Å²) in [7, 11) is 5.71. The van der Waals surface area contributed by atoms with Gasteiger partial charge in [-0.3, -0.25) is 0 Å². The molecule has 1 rings (SSSR count). The van der Waals surface area contributed by atoms with Crippen LogP contribution in [0.3, 0.4) is 0 Å². The van der Waals surface area contributed by atoms with E-state index < -0.39 is 0 Å². The predicted molar refractivity (Wildman–Crippen MR) is 77.5 cm³/mol. The molecule has 0 aromatic carbocycles. The molecule has 2 unspecified atom stereocenters. The van der Waals surface area contributed by atoms with E-state index in [4.69, 9.17) is 0 Å². The molecule has 1 aliphatic rings. The maximum absolute atomic E-state index is 4.55. The highest BCUT2D eigenvalue weighted by molar-refractivity contribution is 9.14.